The van der Waals surface area contributed by atoms with E-state index in [0.717, 1.165) is 0 Å². The maximum atomic E-state index is 13.1. The first-order chi connectivity index (χ1) is 9.13. The lowest BCUT2D eigenvalue weighted by Crippen LogP contribution is -2.14. The number of carbonyl (C=O) groups excluding carboxylic acids is 1. The molecule has 0 radical (unpaired) electrons. The topological polar surface area (TPSA) is 29.4 Å². The van der Waals surface area contributed by atoms with Gasteiger partial charge in [-0.1, -0.05) is 12.1 Å². The van der Waals surface area contributed by atoms with Gasteiger partial charge in [-0.15, -0.1) is 0 Å². The van der Waals surface area contributed by atoms with Gasteiger partial charge in [-0.3, -0.25) is 9.79 Å². The van der Waals surface area contributed by atoms with Gasteiger partial charge < -0.3 is 0 Å². The Morgan fingerprint density at radius 1 is 0.947 bits per heavy atom. The Morgan fingerprint density at radius 3 is 2.37 bits per heavy atom. The SMILES string of the molecule is O=C1CC(c2ccc(F)cc2)=Nc2ccc(F)cc21. The lowest BCUT2D eigenvalue weighted by atomic mass is 9.96. The van der Waals surface area contributed by atoms with Crippen LogP contribution in [0.1, 0.15) is 22.3 Å². The molecule has 2 aromatic carbocycles. The fourth-order valence-corrected chi connectivity index (χ4v) is 2.07. The van der Waals surface area contributed by atoms with Crippen LogP contribution < -0.4 is 0 Å². The van der Waals surface area contributed by atoms with E-state index in [4.69, 9.17) is 0 Å². The molecule has 0 N–H and O–H groups in total. The highest BCUT2D eigenvalue weighted by Gasteiger charge is 2.21. The van der Waals surface area contributed by atoms with Crippen molar-refractivity contribution in [3.05, 3.63) is 65.2 Å². The first kappa shape index (κ1) is 11.7. The van der Waals surface area contributed by atoms with Gasteiger partial charge in [0.15, 0.2) is 5.78 Å². The summed E-state index contributed by atoms with van der Waals surface area (Å²) in [5.41, 5.74) is 2.02. The summed E-state index contributed by atoms with van der Waals surface area (Å²) in [4.78, 5) is 16.3. The average Bonchev–Trinajstić information content (AvgIpc) is 2.40. The monoisotopic (exact) mass is 257 g/mol. The Balaban J connectivity index is 2.08. The third-order valence-electron chi connectivity index (χ3n) is 3.02. The molecule has 1 aliphatic heterocycles. The number of Topliss-reactive ketones (excluding diaryl/α,β-unsaturated/α-hetero) is 1. The first-order valence-corrected chi connectivity index (χ1v) is 5.80. The van der Waals surface area contributed by atoms with Crippen LogP contribution in [-0.2, 0) is 0 Å². The molecule has 2 nitrogen and oxygen atoms in total. The maximum Gasteiger partial charge on any atom is 0.171 e. The van der Waals surface area contributed by atoms with Crippen LogP contribution in [0.2, 0.25) is 0 Å². The normalized spacial score (nSPS) is 14.0. The van der Waals surface area contributed by atoms with Gasteiger partial charge >= 0.3 is 0 Å². The molecule has 2 aromatic rings. The number of aliphatic imine (C=N–C) groups is 1. The van der Waals surface area contributed by atoms with Crippen LogP contribution in [0.3, 0.4) is 0 Å². The van der Waals surface area contributed by atoms with Crippen LogP contribution >= 0.6 is 0 Å². The molecule has 0 unspecified atom stereocenters. The Labute approximate surface area is 108 Å². The summed E-state index contributed by atoms with van der Waals surface area (Å²) in [5, 5.41) is 0. The minimum Gasteiger partial charge on any atom is -0.294 e. The van der Waals surface area contributed by atoms with Gasteiger partial charge in [-0.05, 0) is 35.9 Å². The first-order valence-electron chi connectivity index (χ1n) is 5.80. The molecule has 3 rings (SSSR count). The number of fused-ring (bicyclic) bond motifs is 1. The lowest BCUT2D eigenvalue weighted by molar-refractivity contribution is 0.0999. The third-order valence-corrected chi connectivity index (χ3v) is 3.02. The number of ketones is 1. The van der Waals surface area contributed by atoms with Crippen molar-refractivity contribution in [2.45, 2.75) is 6.42 Å². The van der Waals surface area contributed by atoms with E-state index in [1.165, 1.54) is 30.3 Å². The summed E-state index contributed by atoms with van der Waals surface area (Å²) in [5.74, 6) is -0.967. The molecule has 0 spiro atoms. The van der Waals surface area contributed by atoms with Gasteiger partial charge in [0.05, 0.1) is 17.8 Å². The second-order valence-electron chi connectivity index (χ2n) is 4.33. The predicted molar refractivity (Wildman–Crippen MR) is 67.9 cm³/mol. The molecule has 0 saturated carbocycles. The molecule has 0 amide bonds. The number of halogens is 2. The van der Waals surface area contributed by atoms with Crippen molar-refractivity contribution in [1.29, 1.82) is 0 Å². The molecular weight excluding hydrogens is 248 g/mol. The van der Waals surface area contributed by atoms with Crippen molar-refractivity contribution >= 4 is 17.2 Å². The van der Waals surface area contributed by atoms with E-state index in [2.05, 4.69) is 4.99 Å². The number of rotatable bonds is 1. The van der Waals surface area contributed by atoms with Gasteiger partial charge in [-0.25, -0.2) is 8.78 Å². The van der Waals surface area contributed by atoms with Crippen molar-refractivity contribution in [2.24, 2.45) is 4.99 Å². The second kappa shape index (κ2) is 4.39. The summed E-state index contributed by atoms with van der Waals surface area (Å²) < 4.78 is 26.0. The summed E-state index contributed by atoms with van der Waals surface area (Å²) in [6.07, 6.45) is 0.0993. The van der Waals surface area contributed by atoms with Crippen molar-refractivity contribution < 1.29 is 13.6 Å². The van der Waals surface area contributed by atoms with E-state index < -0.39 is 5.82 Å². The van der Waals surface area contributed by atoms with Gasteiger partial charge in [0.2, 0.25) is 0 Å². The Bertz CT molecular complexity index is 690. The van der Waals surface area contributed by atoms with E-state index >= 15 is 0 Å². The van der Waals surface area contributed by atoms with Crippen LogP contribution in [-0.4, -0.2) is 11.5 Å². The largest absolute Gasteiger partial charge is 0.294 e. The fraction of sp³-hybridized carbons (Fsp3) is 0.0667. The highest BCUT2D eigenvalue weighted by atomic mass is 19.1. The quantitative estimate of drug-likeness (QED) is 0.766. The highest BCUT2D eigenvalue weighted by molar-refractivity contribution is 6.20. The van der Waals surface area contributed by atoms with Crippen molar-refractivity contribution in [2.75, 3.05) is 0 Å². The summed E-state index contributed by atoms with van der Waals surface area (Å²) in [6, 6.07) is 9.74. The zero-order valence-electron chi connectivity index (χ0n) is 9.86. The smallest absolute Gasteiger partial charge is 0.171 e. The van der Waals surface area contributed by atoms with E-state index in [0.29, 0.717) is 22.5 Å². The zero-order chi connectivity index (χ0) is 13.4. The molecule has 1 heterocycles. The molecule has 4 heteroatoms. The molecule has 0 atom stereocenters. The molecule has 1 aliphatic rings. The van der Waals surface area contributed by atoms with Crippen LogP contribution in [0.15, 0.2) is 47.5 Å². The van der Waals surface area contributed by atoms with Crippen LogP contribution in [0, 0.1) is 11.6 Å². The van der Waals surface area contributed by atoms with Gasteiger partial charge in [0, 0.05) is 5.56 Å². The van der Waals surface area contributed by atoms with Crippen LogP contribution in [0.5, 0.6) is 0 Å². The average molecular weight is 257 g/mol. The standard InChI is InChI=1S/C15H9F2NO/c16-10-3-1-9(2-4-10)14-8-15(19)12-7-11(17)5-6-13(12)18-14/h1-7H,8H2. The Kier molecular flexibility index (Phi) is 2.71. The zero-order valence-corrected chi connectivity index (χ0v) is 9.86. The minimum atomic E-state index is -0.451. The third kappa shape index (κ3) is 2.17. The van der Waals surface area contributed by atoms with E-state index in [1.54, 1.807) is 12.1 Å². The van der Waals surface area contributed by atoms with Gasteiger partial charge in [0.25, 0.3) is 0 Å². The molecule has 0 fully saturated rings. The van der Waals surface area contributed by atoms with Crippen LogP contribution in [0.4, 0.5) is 14.5 Å². The summed E-state index contributed by atoms with van der Waals surface area (Å²) >= 11 is 0. The summed E-state index contributed by atoms with van der Waals surface area (Å²) in [7, 11) is 0. The maximum absolute atomic E-state index is 13.1. The molecule has 0 bridgehead atoms. The van der Waals surface area contributed by atoms with Crippen molar-refractivity contribution in [1.82, 2.24) is 0 Å². The number of hydrogen-bond donors (Lipinski definition) is 0. The van der Waals surface area contributed by atoms with Gasteiger partial charge in [0.1, 0.15) is 11.6 Å². The van der Waals surface area contributed by atoms with E-state index in [1.807, 2.05) is 0 Å². The molecule has 0 aromatic heterocycles. The molecular formula is C15H9F2NO. The molecule has 19 heavy (non-hydrogen) atoms. The van der Waals surface area contributed by atoms with Crippen molar-refractivity contribution in [3.63, 3.8) is 0 Å². The summed E-state index contributed by atoms with van der Waals surface area (Å²) in [6.45, 7) is 0. The number of benzene rings is 2. The fourth-order valence-electron chi connectivity index (χ4n) is 2.07. The predicted octanol–water partition coefficient (Wildman–Crippen LogP) is 3.67. The lowest BCUT2D eigenvalue weighted by Gasteiger charge is -2.14. The van der Waals surface area contributed by atoms with E-state index in [-0.39, 0.29) is 18.0 Å². The van der Waals surface area contributed by atoms with Crippen LogP contribution in [0.25, 0.3) is 0 Å². The minimum absolute atomic E-state index is 0.0993. The van der Waals surface area contributed by atoms with E-state index in [9.17, 15) is 13.6 Å². The molecule has 0 saturated heterocycles. The second-order valence-corrected chi connectivity index (χ2v) is 4.33. The molecule has 0 aliphatic carbocycles. The number of carbonyl (C=O) groups is 1. The van der Waals surface area contributed by atoms with Gasteiger partial charge in [-0.2, -0.15) is 0 Å². The number of hydrogen-bond acceptors (Lipinski definition) is 2. The Hall–Kier alpha value is -2.36. The number of nitrogens with zero attached hydrogens (tertiary/aromatic N) is 1. The Morgan fingerprint density at radius 2 is 1.63 bits per heavy atom. The molecule has 94 valence electrons. The van der Waals surface area contributed by atoms with Crippen molar-refractivity contribution in [3.8, 4) is 0 Å². The highest BCUT2D eigenvalue weighted by Crippen LogP contribution is 2.28.